The van der Waals surface area contributed by atoms with Gasteiger partial charge in [0.15, 0.2) is 0 Å². The van der Waals surface area contributed by atoms with E-state index in [4.69, 9.17) is 0 Å². The largest absolute Gasteiger partial charge is 0.312 e. The number of fused-ring (bicyclic) bond motifs is 2. The lowest BCUT2D eigenvalue weighted by atomic mass is 9.96. The van der Waals surface area contributed by atoms with Crippen LogP contribution in [-0.2, 0) is 29.5 Å². The molecule has 136 valence electrons. The van der Waals surface area contributed by atoms with Gasteiger partial charge < -0.3 is 10.2 Å². The predicted octanol–water partition coefficient (Wildman–Crippen LogP) is 2.78. The average molecular weight is 352 g/mol. The molecule has 4 rings (SSSR count). The molecule has 0 radical (unpaired) electrons. The molecule has 0 spiro atoms. The van der Waals surface area contributed by atoms with Crippen molar-refractivity contribution in [3.05, 3.63) is 41.1 Å². The van der Waals surface area contributed by atoms with Gasteiger partial charge in [0.05, 0.1) is 5.69 Å². The zero-order valence-electron chi connectivity index (χ0n) is 15.3. The van der Waals surface area contributed by atoms with Crippen molar-refractivity contribution in [2.75, 3.05) is 16.8 Å². The summed E-state index contributed by atoms with van der Waals surface area (Å²) in [6.07, 6.45) is 4.26. The van der Waals surface area contributed by atoms with Crippen LogP contribution < -0.4 is 10.2 Å². The molecule has 6 heteroatoms. The Labute approximate surface area is 153 Å². The molecule has 1 N–H and O–H groups in total. The smallest absolute Gasteiger partial charge is 0.225 e. The Balaban J connectivity index is 1.42. The monoisotopic (exact) mass is 352 g/mol. The van der Waals surface area contributed by atoms with Crippen LogP contribution in [0.2, 0.25) is 0 Å². The number of benzene rings is 1. The SMILES string of the molecule is CC(=O)N1CC(CCC(=O)Nc2c3c(nn2C)CCC3)c2ccccc21. The third-order valence-corrected chi connectivity index (χ3v) is 5.50. The number of rotatable bonds is 4. The number of anilines is 2. The van der Waals surface area contributed by atoms with Gasteiger partial charge in [-0.3, -0.25) is 14.3 Å². The summed E-state index contributed by atoms with van der Waals surface area (Å²) in [6, 6.07) is 7.99. The molecule has 0 fully saturated rings. The Kier molecular flexibility index (Phi) is 4.26. The Morgan fingerprint density at radius 2 is 2.08 bits per heavy atom. The maximum absolute atomic E-state index is 12.5. The van der Waals surface area contributed by atoms with Crippen molar-refractivity contribution in [1.29, 1.82) is 0 Å². The normalized spacial score (nSPS) is 17.9. The van der Waals surface area contributed by atoms with E-state index in [1.807, 2.05) is 30.1 Å². The minimum absolute atomic E-state index is 0.0152. The Morgan fingerprint density at radius 3 is 2.88 bits per heavy atom. The van der Waals surface area contributed by atoms with Crippen molar-refractivity contribution >= 4 is 23.3 Å². The van der Waals surface area contributed by atoms with E-state index < -0.39 is 0 Å². The number of hydrogen-bond donors (Lipinski definition) is 1. The third-order valence-electron chi connectivity index (χ3n) is 5.50. The maximum atomic E-state index is 12.5. The fourth-order valence-electron chi connectivity index (χ4n) is 4.22. The quantitative estimate of drug-likeness (QED) is 0.920. The van der Waals surface area contributed by atoms with Gasteiger partial charge in [0.2, 0.25) is 11.8 Å². The van der Waals surface area contributed by atoms with Crippen LogP contribution in [0.25, 0.3) is 0 Å². The molecular formula is C20H24N4O2. The molecule has 2 aliphatic rings. The van der Waals surface area contributed by atoms with Crippen LogP contribution in [0.3, 0.4) is 0 Å². The molecule has 2 aromatic rings. The second-order valence-corrected chi connectivity index (χ2v) is 7.22. The van der Waals surface area contributed by atoms with E-state index in [1.54, 1.807) is 11.6 Å². The molecule has 1 atom stereocenters. The summed E-state index contributed by atoms with van der Waals surface area (Å²) in [4.78, 5) is 26.2. The number of nitrogens with zero attached hydrogens (tertiary/aromatic N) is 3. The fourth-order valence-corrected chi connectivity index (χ4v) is 4.22. The highest BCUT2D eigenvalue weighted by Crippen LogP contribution is 2.38. The average Bonchev–Trinajstić information content (AvgIpc) is 3.28. The van der Waals surface area contributed by atoms with Gasteiger partial charge in [-0.1, -0.05) is 18.2 Å². The van der Waals surface area contributed by atoms with Gasteiger partial charge in [-0.2, -0.15) is 5.10 Å². The van der Waals surface area contributed by atoms with E-state index in [1.165, 1.54) is 5.56 Å². The summed E-state index contributed by atoms with van der Waals surface area (Å²) in [5, 5.41) is 7.55. The summed E-state index contributed by atoms with van der Waals surface area (Å²) in [6.45, 7) is 2.25. The van der Waals surface area contributed by atoms with Crippen molar-refractivity contribution in [2.45, 2.75) is 44.9 Å². The predicted molar refractivity (Wildman–Crippen MR) is 100 cm³/mol. The van der Waals surface area contributed by atoms with Crippen LogP contribution >= 0.6 is 0 Å². The lowest BCUT2D eigenvalue weighted by Gasteiger charge is -2.15. The molecule has 1 unspecified atom stereocenters. The van der Waals surface area contributed by atoms with Crippen LogP contribution in [0.15, 0.2) is 24.3 Å². The van der Waals surface area contributed by atoms with Crippen LogP contribution in [0.1, 0.15) is 48.9 Å². The Hall–Kier alpha value is -2.63. The maximum Gasteiger partial charge on any atom is 0.225 e. The number of para-hydroxylation sites is 1. The van der Waals surface area contributed by atoms with Crippen molar-refractivity contribution in [1.82, 2.24) is 9.78 Å². The first kappa shape index (κ1) is 16.8. The Morgan fingerprint density at radius 1 is 1.27 bits per heavy atom. The minimum atomic E-state index is 0.0152. The summed E-state index contributed by atoms with van der Waals surface area (Å²) < 4.78 is 1.78. The van der Waals surface area contributed by atoms with E-state index in [9.17, 15) is 9.59 Å². The molecule has 6 nitrogen and oxygen atoms in total. The van der Waals surface area contributed by atoms with E-state index >= 15 is 0 Å². The van der Waals surface area contributed by atoms with Gasteiger partial charge in [0.25, 0.3) is 0 Å². The Bertz CT molecular complexity index is 871. The number of nitrogens with one attached hydrogen (secondary N) is 1. The number of hydrogen-bond acceptors (Lipinski definition) is 3. The molecule has 0 bridgehead atoms. The molecular weight excluding hydrogens is 328 g/mol. The highest BCUT2D eigenvalue weighted by Gasteiger charge is 2.30. The van der Waals surface area contributed by atoms with Crippen molar-refractivity contribution in [2.24, 2.45) is 7.05 Å². The van der Waals surface area contributed by atoms with E-state index in [0.29, 0.717) is 13.0 Å². The van der Waals surface area contributed by atoms with E-state index in [2.05, 4.69) is 16.5 Å². The number of aromatic nitrogens is 2. The second-order valence-electron chi connectivity index (χ2n) is 7.22. The molecule has 1 aromatic heterocycles. The van der Waals surface area contributed by atoms with Crippen molar-refractivity contribution in [3.8, 4) is 0 Å². The van der Waals surface area contributed by atoms with Gasteiger partial charge in [-0.15, -0.1) is 0 Å². The van der Waals surface area contributed by atoms with Crippen LogP contribution in [-0.4, -0.2) is 28.1 Å². The first-order valence-corrected chi connectivity index (χ1v) is 9.26. The van der Waals surface area contributed by atoms with E-state index in [0.717, 1.165) is 48.4 Å². The summed E-state index contributed by atoms with van der Waals surface area (Å²) in [5.74, 6) is 1.12. The van der Waals surface area contributed by atoms with Gasteiger partial charge in [-0.25, -0.2) is 0 Å². The van der Waals surface area contributed by atoms with Crippen LogP contribution in [0.5, 0.6) is 0 Å². The molecule has 1 aliphatic heterocycles. The number of carbonyl (C=O) groups excluding carboxylic acids is 2. The molecule has 1 aliphatic carbocycles. The highest BCUT2D eigenvalue weighted by atomic mass is 16.2. The molecule has 0 saturated carbocycles. The summed E-state index contributed by atoms with van der Waals surface area (Å²) in [7, 11) is 1.88. The second kappa shape index (κ2) is 6.59. The van der Waals surface area contributed by atoms with Crippen LogP contribution in [0.4, 0.5) is 11.5 Å². The van der Waals surface area contributed by atoms with Gasteiger partial charge in [0.1, 0.15) is 5.82 Å². The molecule has 2 amide bonds. The lowest BCUT2D eigenvalue weighted by molar-refractivity contribution is -0.116. The topological polar surface area (TPSA) is 67.2 Å². The summed E-state index contributed by atoms with van der Waals surface area (Å²) >= 11 is 0. The van der Waals surface area contributed by atoms with Gasteiger partial charge >= 0.3 is 0 Å². The van der Waals surface area contributed by atoms with Crippen molar-refractivity contribution in [3.63, 3.8) is 0 Å². The first-order chi connectivity index (χ1) is 12.5. The zero-order chi connectivity index (χ0) is 18.3. The molecule has 1 aromatic carbocycles. The van der Waals surface area contributed by atoms with E-state index in [-0.39, 0.29) is 17.7 Å². The minimum Gasteiger partial charge on any atom is -0.312 e. The number of carbonyl (C=O) groups is 2. The lowest BCUT2D eigenvalue weighted by Crippen LogP contribution is -2.27. The number of amides is 2. The van der Waals surface area contributed by atoms with Crippen LogP contribution in [0, 0.1) is 0 Å². The highest BCUT2D eigenvalue weighted by molar-refractivity contribution is 5.94. The fraction of sp³-hybridized carbons (Fsp3) is 0.450. The zero-order valence-corrected chi connectivity index (χ0v) is 15.3. The molecule has 0 saturated heterocycles. The van der Waals surface area contributed by atoms with Crippen molar-refractivity contribution < 1.29 is 9.59 Å². The standard InChI is InChI=1S/C20H24N4O2/c1-13(25)24-12-14(15-6-3-4-9-18(15)24)10-11-19(26)21-20-16-7-5-8-17(16)22-23(20)2/h3-4,6,9,14H,5,7-8,10-12H2,1-2H3,(H,21,26). The molecule has 26 heavy (non-hydrogen) atoms. The van der Waals surface area contributed by atoms with Gasteiger partial charge in [0, 0.05) is 44.1 Å². The number of aryl methyl sites for hydroxylation is 2. The molecule has 2 heterocycles. The first-order valence-electron chi connectivity index (χ1n) is 9.26. The van der Waals surface area contributed by atoms with Gasteiger partial charge in [-0.05, 0) is 37.3 Å². The summed E-state index contributed by atoms with van der Waals surface area (Å²) in [5.41, 5.74) is 4.45. The third kappa shape index (κ3) is 2.89.